The van der Waals surface area contributed by atoms with Gasteiger partial charge in [0.15, 0.2) is 6.61 Å². The second-order valence-electron chi connectivity index (χ2n) is 8.98. The predicted octanol–water partition coefficient (Wildman–Crippen LogP) is 4.81. The normalized spacial score (nSPS) is 13.6. The molecular weight excluding hydrogens is 527 g/mol. The summed E-state index contributed by atoms with van der Waals surface area (Å²) >= 11 is 11.8. The molecule has 0 aromatic heterocycles. The first kappa shape index (κ1) is 27.3. The molecule has 1 aliphatic rings. The lowest BCUT2D eigenvalue weighted by atomic mass is 10.1. The number of aryl methyl sites for hydroxylation is 2. The maximum atomic E-state index is 12.8. The molecule has 10 heteroatoms. The van der Waals surface area contributed by atoms with Crippen molar-refractivity contribution in [2.24, 2.45) is 5.10 Å². The number of amides is 2. The van der Waals surface area contributed by atoms with Crippen molar-refractivity contribution in [3.05, 3.63) is 86.9 Å². The fraction of sp³-hybridized carbons (Fsp3) is 0.250. The van der Waals surface area contributed by atoms with Crippen LogP contribution in [0.1, 0.15) is 27.0 Å². The van der Waals surface area contributed by atoms with Crippen molar-refractivity contribution in [2.75, 3.05) is 37.7 Å². The number of aromatic hydroxyl groups is 1. The Morgan fingerprint density at radius 1 is 1.00 bits per heavy atom. The molecule has 198 valence electrons. The quantitative estimate of drug-likeness (QED) is 0.323. The van der Waals surface area contributed by atoms with E-state index < -0.39 is 5.91 Å². The average Bonchev–Trinajstić information content (AvgIpc) is 2.90. The van der Waals surface area contributed by atoms with E-state index in [1.54, 1.807) is 0 Å². The van der Waals surface area contributed by atoms with Crippen molar-refractivity contribution < 1.29 is 19.4 Å². The first-order chi connectivity index (χ1) is 18.2. The molecule has 1 heterocycles. The molecular formula is C28H28Cl2N4O4. The van der Waals surface area contributed by atoms with Gasteiger partial charge in [-0.2, -0.15) is 5.10 Å². The largest absolute Gasteiger partial charge is 0.506 e. The molecule has 8 nitrogen and oxygen atoms in total. The third-order valence-electron chi connectivity index (χ3n) is 6.24. The van der Waals surface area contributed by atoms with Crippen LogP contribution in [-0.2, 0) is 4.79 Å². The minimum atomic E-state index is -0.455. The van der Waals surface area contributed by atoms with E-state index in [2.05, 4.69) is 15.4 Å². The van der Waals surface area contributed by atoms with Crippen LogP contribution in [0.4, 0.5) is 5.69 Å². The number of ether oxygens (including phenoxy) is 1. The molecule has 1 saturated heterocycles. The first-order valence-corrected chi connectivity index (χ1v) is 12.8. The van der Waals surface area contributed by atoms with E-state index in [1.165, 1.54) is 24.4 Å². The number of carbonyl (C=O) groups excluding carboxylic acids is 2. The Morgan fingerprint density at radius 2 is 1.66 bits per heavy atom. The van der Waals surface area contributed by atoms with Crippen molar-refractivity contribution in [3.8, 4) is 11.5 Å². The molecule has 0 atom stereocenters. The second-order valence-corrected chi connectivity index (χ2v) is 9.83. The molecule has 2 amide bonds. The lowest BCUT2D eigenvalue weighted by Gasteiger charge is -2.36. The molecule has 0 bridgehead atoms. The van der Waals surface area contributed by atoms with Crippen LogP contribution in [-0.4, -0.2) is 60.8 Å². The number of carbonyl (C=O) groups is 2. The Hall–Kier alpha value is -3.75. The van der Waals surface area contributed by atoms with E-state index in [0.717, 1.165) is 35.5 Å². The Labute approximate surface area is 231 Å². The molecule has 0 aliphatic carbocycles. The first-order valence-electron chi connectivity index (χ1n) is 12.1. The minimum absolute atomic E-state index is 0.0404. The SMILES string of the molecule is Cc1cc(/C=N/NC(=O)c2ccc(O)c(Cl)c2)cc(C)c1OCC(=O)N1CCN(c2ccc(Cl)cc2)CC1. The van der Waals surface area contributed by atoms with Gasteiger partial charge in [0.2, 0.25) is 0 Å². The van der Waals surface area contributed by atoms with E-state index in [4.69, 9.17) is 27.9 Å². The number of rotatable bonds is 7. The highest BCUT2D eigenvalue weighted by molar-refractivity contribution is 6.32. The summed E-state index contributed by atoms with van der Waals surface area (Å²) in [6.45, 7) is 6.49. The lowest BCUT2D eigenvalue weighted by molar-refractivity contribution is -0.133. The molecule has 38 heavy (non-hydrogen) atoms. The number of phenols is 1. The molecule has 0 radical (unpaired) electrons. The zero-order valence-electron chi connectivity index (χ0n) is 21.1. The Kier molecular flexibility index (Phi) is 8.76. The van der Waals surface area contributed by atoms with Gasteiger partial charge >= 0.3 is 0 Å². The Morgan fingerprint density at radius 3 is 2.29 bits per heavy atom. The summed E-state index contributed by atoms with van der Waals surface area (Å²) in [5.41, 5.74) is 6.27. The summed E-state index contributed by atoms with van der Waals surface area (Å²) in [4.78, 5) is 29.1. The van der Waals surface area contributed by atoms with E-state index in [0.29, 0.717) is 23.9 Å². The van der Waals surface area contributed by atoms with E-state index in [-0.39, 0.29) is 28.8 Å². The second kappa shape index (κ2) is 12.2. The standard InChI is InChI=1S/C28H28Cl2N4O4/c1-18-13-20(16-31-32-28(37)21-3-8-25(35)24(30)15-21)14-19(2)27(18)38-17-26(36)34-11-9-33(10-12-34)23-6-4-22(29)5-7-23/h3-8,13-16,35H,9-12,17H2,1-2H3,(H,32,37)/b31-16+. The topological polar surface area (TPSA) is 94.5 Å². The highest BCUT2D eigenvalue weighted by atomic mass is 35.5. The third kappa shape index (κ3) is 6.76. The van der Waals surface area contributed by atoms with Crippen LogP contribution in [0.3, 0.4) is 0 Å². The number of hydrogen-bond acceptors (Lipinski definition) is 6. The Balaban J connectivity index is 1.29. The van der Waals surface area contributed by atoms with Gasteiger partial charge in [-0.3, -0.25) is 9.59 Å². The summed E-state index contributed by atoms with van der Waals surface area (Å²) < 4.78 is 5.92. The van der Waals surface area contributed by atoms with E-state index in [9.17, 15) is 14.7 Å². The van der Waals surface area contributed by atoms with Gasteiger partial charge in [-0.25, -0.2) is 5.43 Å². The van der Waals surface area contributed by atoms with Crippen LogP contribution in [0.25, 0.3) is 0 Å². The van der Waals surface area contributed by atoms with Gasteiger partial charge < -0.3 is 19.6 Å². The predicted molar refractivity (Wildman–Crippen MR) is 150 cm³/mol. The number of nitrogens with one attached hydrogen (secondary N) is 1. The number of anilines is 1. The minimum Gasteiger partial charge on any atom is -0.506 e. The van der Waals surface area contributed by atoms with Crippen molar-refractivity contribution in [2.45, 2.75) is 13.8 Å². The fourth-order valence-electron chi connectivity index (χ4n) is 4.26. The molecule has 2 N–H and O–H groups in total. The summed E-state index contributed by atoms with van der Waals surface area (Å²) in [5.74, 6) is 0.0442. The van der Waals surface area contributed by atoms with Crippen molar-refractivity contribution in [1.82, 2.24) is 10.3 Å². The number of halogens is 2. The molecule has 3 aromatic carbocycles. The van der Waals surface area contributed by atoms with Crippen LogP contribution in [0, 0.1) is 13.8 Å². The summed E-state index contributed by atoms with van der Waals surface area (Å²) in [7, 11) is 0. The third-order valence-corrected chi connectivity index (χ3v) is 6.79. The molecule has 1 fully saturated rings. The zero-order valence-corrected chi connectivity index (χ0v) is 22.6. The highest BCUT2D eigenvalue weighted by Crippen LogP contribution is 2.25. The van der Waals surface area contributed by atoms with Crippen molar-refractivity contribution in [1.29, 1.82) is 0 Å². The van der Waals surface area contributed by atoms with Crippen LogP contribution in [0.15, 0.2) is 59.7 Å². The van der Waals surface area contributed by atoms with Crippen LogP contribution < -0.4 is 15.1 Å². The summed E-state index contributed by atoms with van der Waals surface area (Å²) in [5, 5.41) is 14.3. The van der Waals surface area contributed by atoms with Crippen LogP contribution in [0.2, 0.25) is 10.0 Å². The van der Waals surface area contributed by atoms with Gasteiger partial charge in [0.05, 0.1) is 11.2 Å². The van der Waals surface area contributed by atoms with Gasteiger partial charge in [0.1, 0.15) is 11.5 Å². The van der Waals surface area contributed by atoms with E-state index >= 15 is 0 Å². The zero-order chi connectivity index (χ0) is 27.2. The van der Waals surface area contributed by atoms with Gasteiger partial charge in [-0.15, -0.1) is 0 Å². The number of hydrazone groups is 1. The number of hydrogen-bond donors (Lipinski definition) is 2. The molecule has 4 rings (SSSR count). The summed E-state index contributed by atoms with van der Waals surface area (Å²) in [6, 6.07) is 15.6. The fourth-order valence-corrected chi connectivity index (χ4v) is 4.56. The van der Waals surface area contributed by atoms with Gasteiger partial charge in [-0.05, 0) is 85.1 Å². The van der Waals surface area contributed by atoms with Gasteiger partial charge in [0, 0.05) is 42.5 Å². The number of phenolic OH excluding ortho intramolecular Hbond substituents is 1. The molecule has 1 aliphatic heterocycles. The average molecular weight is 555 g/mol. The maximum absolute atomic E-state index is 12.8. The highest BCUT2D eigenvalue weighted by Gasteiger charge is 2.22. The number of nitrogens with zero attached hydrogens (tertiary/aromatic N) is 3. The monoisotopic (exact) mass is 554 g/mol. The maximum Gasteiger partial charge on any atom is 0.271 e. The molecule has 3 aromatic rings. The number of benzene rings is 3. The van der Waals surface area contributed by atoms with Gasteiger partial charge in [0.25, 0.3) is 11.8 Å². The summed E-state index contributed by atoms with van der Waals surface area (Å²) in [6.07, 6.45) is 1.52. The molecule has 0 spiro atoms. The van der Waals surface area contributed by atoms with Crippen LogP contribution in [0.5, 0.6) is 11.5 Å². The van der Waals surface area contributed by atoms with Gasteiger partial charge in [-0.1, -0.05) is 23.2 Å². The van der Waals surface area contributed by atoms with Crippen molar-refractivity contribution >= 4 is 46.9 Å². The lowest BCUT2D eigenvalue weighted by Crippen LogP contribution is -2.50. The van der Waals surface area contributed by atoms with E-state index in [1.807, 2.05) is 55.1 Å². The van der Waals surface area contributed by atoms with Crippen LogP contribution >= 0.6 is 23.2 Å². The molecule has 0 unspecified atom stereocenters. The van der Waals surface area contributed by atoms with Crippen molar-refractivity contribution in [3.63, 3.8) is 0 Å². The Bertz CT molecular complexity index is 1330. The number of piperazine rings is 1. The smallest absolute Gasteiger partial charge is 0.271 e. The molecule has 0 saturated carbocycles.